The van der Waals surface area contributed by atoms with E-state index in [9.17, 15) is 4.79 Å². The van der Waals surface area contributed by atoms with Crippen LogP contribution in [0, 0.1) is 11.8 Å². The molecule has 2 aliphatic carbocycles. The van der Waals surface area contributed by atoms with Crippen molar-refractivity contribution in [1.82, 2.24) is 9.03 Å². The Morgan fingerprint density at radius 2 is 2.02 bits per heavy atom. The average Bonchev–Trinajstić information content (AvgIpc) is 3.46. The molecule has 2 fully saturated rings. The molecule has 46 heavy (non-hydrogen) atoms. The number of carbonyl (C=O) groups excluding carboxylic acids is 1. The molecule has 1 amide bonds. The summed E-state index contributed by atoms with van der Waals surface area (Å²) in [7, 11) is 3.93. The van der Waals surface area contributed by atoms with Gasteiger partial charge in [-0.05, 0) is 104 Å². The second kappa shape index (κ2) is 15.3. The molecule has 2 heterocycles. The average molecular weight is 668 g/mol. The van der Waals surface area contributed by atoms with Crippen LogP contribution in [0.4, 0.5) is 5.69 Å². The van der Waals surface area contributed by atoms with Gasteiger partial charge in [-0.2, -0.15) is 0 Å². The lowest BCUT2D eigenvalue weighted by molar-refractivity contribution is 0.0351. The van der Waals surface area contributed by atoms with Crippen molar-refractivity contribution in [2.24, 2.45) is 11.8 Å². The Balaban J connectivity index is 1.11. The molecule has 2 aromatic carbocycles. The molecule has 250 valence electrons. The monoisotopic (exact) mass is 667 g/mol. The normalized spacial score (nSPS) is 24.3. The van der Waals surface area contributed by atoms with Gasteiger partial charge in [0.1, 0.15) is 5.75 Å². The fourth-order valence-corrected chi connectivity index (χ4v) is 8.55. The van der Waals surface area contributed by atoms with Gasteiger partial charge in [0.2, 0.25) is 0 Å². The summed E-state index contributed by atoms with van der Waals surface area (Å²) in [6.07, 6.45) is 12.0. The molecular weight excluding hydrogens is 618 g/mol. The van der Waals surface area contributed by atoms with Crippen molar-refractivity contribution in [1.29, 1.82) is 0 Å². The van der Waals surface area contributed by atoms with E-state index >= 15 is 0 Å². The summed E-state index contributed by atoms with van der Waals surface area (Å²) in [6.45, 7) is 7.44. The van der Waals surface area contributed by atoms with Gasteiger partial charge in [0.15, 0.2) is 0 Å². The number of halogens is 1. The first kappa shape index (κ1) is 33.7. The van der Waals surface area contributed by atoms with Crippen molar-refractivity contribution in [3.8, 4) is 5.75 Å². The number of hydrogen-bond acceptors (Lipinski definition) is 7. The molecular formula is C37H50ClN3O4S. The van der Waals surface area contributed by atoms with Gasteiger partial charge in [-0.25, -0.2) is 4.31 Å². The SMILES string of the molecule is CCCc1cc(Cl)ccc1C1COc2ccc(C(=O)NSN(CC3CCCO3)C(C)C3C=C(C(OC)C4CCC4)C3)cc2N(C)C1. The van der Waals surface area contributed by atoms with Crippen LogP contribution in [0.5, 0.6) is 5.75 Å². The molecule has 0 aromatic heterocycles. The number of amides is 1. The van der Waals surface area contributed by atoms with Gasteiger partial charge in [-0.15, -0.1) is 0 Å². The van der Waals surface area contributed by atoms with Crippen LogP contribution in [0.15, 0.2) is 48.0 Å². The Labute approximate surface area is 284 Å². The quantitative estimate of drug-likeness (QED) is 0.173. The van der Waals surface area contributed by atoms with E-state index in [1.165, 1.54) is 48.1 Å². The van der Waals surface area contributed by atoms with Crippen molar-refractivity contribution in [2.75, 3.05) is 45.4 Å². The van der Waals surface area contributed by atoms with Gasteiger partial charge in [0, 0.05) is 68.5 Å². The third-order valence-electron chi connectivity index (χ3n) is 10.5. The van der Waals surface area contributed by atoms with Crippen LogP contribution < -0.4 is 14.4 Å². The minimum absolute atomic E-state index is 0.108. The van der Waals surface area contributed by atoms with Gasteiger partial charge in [-0.3, -0.25) is 9.52 Å². The van der Waals surface area contributed by atoms with Crippen LogP contribution >= 0.6 is 23.7 Å². The van der Waals surface area contributed by atoms with Crippen LogP contribution in [0.1, 0.15) is 86.2 Å². The predicted molar refractivity (Wildman–Crippen MR) is 188 cm³/mol. The van der Waals surface area contributed by atoms with E-state index < -0.39 is 0 Å². The molecule has 2 aliphatic heterocycles. The van der Waals surface area contributed by atoms with Crippen molar-refractivity contribution in [3.05, 3.63) is 69.8 Å². The molecule has 1 saturated carbocycles. The molecule has 1 N–H and O–H groups in total. The minimum atomic E-state index is -0.108. The second-order valence-electron chi connectivity index (χ2n) is 13.6. The highest BCUT2D eigenvalue weighted by atomic mass is 35.5. The summed E-state index contributed by atoms with van der Waals surface area (Å²) in [4.78, 5) is 15.8. The Kier molecular flexibility index (Phi) is 11.2. The van der Waals surface area contributed by atoms with Crippen LogP contribution in [-0.2, 0) is 15.9 Å². The number of benzene rings is 2. The highest BCUT2D eigenvalue weighted by Gasteiger charge is 2.38. The molecule has 1 saturated heterocycles. The number of nitrogens with zero attached hydrogens (tertiary/aromatic N) is 2. The van der Waals surface area contributed by atoms with Crippen LogP contribution in [0.3, 0.4) is 0 Å². The zero-order chi connectivity index (χ0) is 32.2. The highest BCUT2D eigenvalue weighted by molar-refractivity contribution is 7.95. The van der Waals surface area contributed by atoms with Crippen molar-refractivity contribution >= 4 is 35.3 Å². The van der Waals surface area contributed by atoms with E-state index in [4.69, 9.17) is 25.8 Å². The number of nitrogens with one attached hydrogen (secondary N) is 1. The lowest BCUT2D eigenvalue weighted by atomic mass is 9.71. The number of rotatable bonds is 13. The van der Waals surface area contributed by atoms with E-state index in [1.54, 1.807) is 0 Å². The van der Waals surface area contributed by atoms with Crippen molar-refractivity contribution < 1.29 is 19.0 Å². The number of likely N-dealkylation sites (N-methyl/N-ethyl adjacent to an activating group) is 1. The number of carbonyl (C=O) groups is 1. The third kappa shape index (κ3) is 7.57. The Morgan fingerprint density at radius 1 is 1.20 bits per heavy atom. The van der Waals surface area contributed by atoms with E-state index in [2.05, 4.69) is 53.0 Å². The molecule has 7 nitrogen and oxygen atoms in total. The van der Waals surface area contributed by atoms with Gasteiger partial charge in [0.25, 0.3) is 5.91 Å². The van der Waals surface area contributed by atoms with E-state index in [0.29, 0.717) is 24.0 Å². The highest BCUT2D eigenvalue weighted by Crippen LogP contribution is 2.43. The maximum absolute atomic E-state index is 13.6. The molecule has 0 bridgehead atoms. The lowest BCUT2D eigenvalue weighted by Crippen LogP contribution is -2.44. The zero-order valence-electron chi connectivity index (χ0n) is 27.8. The first-order chi connectivity index (χ1) is 22.3. The molecule has 6 rings (SSSR count). The summed E-state index contributed by atoms with van der Waals surface area (Å²) in [5.41, 5.74) is 5.58. The van der Waals surface area contributed by atoms with Crippen LogP contribution in [0.2, 0.25) is 5.02 Å². The first-order valence-corrected chi connectivity index (χ1v) is 18.3. The minimum Gasteiger partial charge on any atom is -0.491 e. The molecule has 9 heteroatoms. The van der Waals surface area contributed by atoms with E-state index in [-0.39, 0.29) is 30.1 Å². The summed E-state index contributed by atoms with van der Waals surface area (Å²) < 4.78 is 23.7. The van der Waals surface area contributed by atoms with Gasteiger partial charge in [-0.1, -0.05) is 43.5 Å². The maximum Gasteiger partial charge on any atom is 0.262 e. The first-order valence-electron chi connectivity index (χ1n) is 17.2. The number of fused-ring (bicyclic) bond motifs is 1. The number of methoxy groups -OCH3 is 1. The zero-order valence-corrected chi connectivity index (χ0v) is 29.4. The second-order valence-corrected chi connectivity index (χ2v) is 14.9. The Hall–Kier alpha value is -2.23. The maximum atomic E-state index is 13.6. The topological polar surface area (TPSA) is 63.3 Å². The summed E-state index contributed by atoms with van der Waals surface area (Å²) in [5, 5.41) is 0.771. The van der Waals surface area contributed by atoms with Crippen molar-refractivity contribution in [2.45, 2.75) is 89.4 Å². The largest absolute Gasteiger partial charge is 0.491 e. The Bertz CT molecular complexity index is 1390. The van der Waals surface area contributed by atoms with Gasteiger partial charge in [0.05, 0.1) is 24.5 Å². The van der Waals surface area contributed by atoms with Crippen molar-refractivity contribution in [3.63, 3.8) is 0 Å². The summed E-state index contributed by atoms with van der Waals surface area (Å²) in [6, 6.07) is 12.2. The number of anilines is 1. The third-order valence-corrected chi connectivity index (χ3v) is 11.7. The van der Waals surface area contributed by atoms with E-state index in [0.717, 1.165) is 68.3 Å². The Morgan fingerprint density at radius 3 is 2.72 bits per heavy atom. The summed E-state index contributed by atoms with van der Waals surface area (Å²) >= 11 is 7.76. The number of aryl methyl sites for hydroxylation is 1. The van der Waals surface area contributed by atoms with E-state index in [1.807, 2.05) is 31.4 Å². The number of ether oxygens (including phenoxy) is 3. The molecule has 5 unspecified atom stereocenters. The molecule has 0 radical (unpaired) electrons. The van der Waals surface area contributed by atoms with Gasteiger partial charge < -0.3 is 19.1 Å². The van der Waals surface area contributed by atoms with Crippen LogP contribution in [0.25, 0.3) is 0 Å². The smallest absolute Gasteiger partial charge is 0.262 e. The predicted octanol–water partition coefficient (Wildman–Crippen LogP) is 7.83. The molecule has 5 atom stereocenters. The summed E-state index contributed by atoms with van der Waals surface area (Å²) in [5.74, 6) is 2.01. The fourth-order valence-electron chi connectivity index (χ4n) is 7.47. The molecule has 4 aliphatic rings. The molecule has 2 aromatic rings. The standard InChI is InChI=1S/C37H50ClN3O4S/c1-5-8-26-19-31(38)13-14-33(26)30-21-40(3)34-20-27(12-15-35(34)45-23-30)37(42)39-46-41(22-32-11-7-16-44-32)24(2)28-17-29(18-28)36(43-4)25-9-6-10-25/h12-15,17,19-20,24-25,28,30,32,36H,5-11,16,18,21-23H2,1-4H3,(H,39,42). The van der Waals surface area contributed by atoms with Crippen LogP contribution in [-0.4, -0.2) is 68.9 Å². The number of hydrogen-bond donors (Lipinski definition) is 1. The fraction of sp³-hybridized carbons (Fsp3) is 0.595. The van der Waals surface area contributed by atoms with Gasteiger partial charge >= 0.3 is 0 Å². The lowest BCUT2D eigenvalue weighted by Gasteiger charge is -2.42. The molecule has 0 spiro atoms.